The van der Waals surface area contributed by atoms with Gasteiger partial charge in [0.2, 0.25) is 5.88 Å². The Labute approximate surface area is 188 Å². The van der Waals surface area contributed by atoms with Crippen molar-refractivity contribution in [3.8, 4) is 17.0 Å². The fourth-order valence-corrected chi connectivity index (χ4v) is 3.77. The zero-order valence-electron chi connectivity index (χ0n) is 16.3. The molecule has 0 unspecified atom stereocenters. The first-order valence-electron chi connectivity index (χ1n) is 9.09. The molecule has 0 saturated heterocycles. The molecule has 1 amide bonds. The summed E-state index contributed by atoms with van der Waals surface area (Å²) >= 11 is 1.96. The maximum absolute atomic E-state index is 13.4. The monoisotopic (exact) mass is 544 g/mol. The summed E-state index contributed by atoms with van der Waals surface area (Å²) in [5.74, 6) is -0.317. The van der Waals surface area contributed by atoms with E-state index in [9.17, 15) is 18.0 Å². The largest absolute Gasteiger partial charge is 0.481 e. The van der Waals surface area contributed by atoms with Crippen LogP contribution in [0.25, 0.3) is 11.1 Å². The Balaban J connectivity index is 1.78. The number of fused-ring (bicyclic) bond motifs is 1. The maximum Gasteiger partial charge on any atom is 0.421 e. The minimum atomic E-state index is -4.62. The van der Waals surface area contributed by atoms with Gasteiger partial charge in [-0.15, -0.1) is 0 Å². The van der Waals surface area contributed by atoms with Crippen LogP contribution in [-0.2, 0) is 6.18 Å². The molecule has 0 bridgehead atoms. The number of alkyl halides is 3. The molecule has 8 nitrogen and oxygen atoms in total. The quantitative estimate of drug-likeness (QED) is 0.389. The van der Waals surface area contributed by atoms with E-state index in [1.165, 1.54) is 11.0 Å². The smallest absolute Gasteiger partial charge is 0.421 e. The number of nitrogens with one attached hydrogen (secondary N) is 1. The number of hydrogen-bond donors (Lipinski definition) is 1. The van der Waals surface area contributed by atoms with Gasteiger partial charge in [0, 0.05) is 18.3 Å². The van der Waals surface area contributed by atoms with Crippen molar-refractivity contribution in [1.82, 2.24) is 19.7 Å². The number of pyridine rings is 2. The number of halogens is 4. The molecule has 162 valence electrons. The van der Waals surface area contributed by atoms with Gasteiger partial charge in [-0.05, 0) is 36.8 Å². The highest BCUT2D eigenvalue weighted by atomic mass is 127. The van der Waals surface area contributed by atoms with Crippen LogP contribution in [0.4, 0.5) is 24.8 Å². The Morgan fingerprint density at radius 3 is 2.74 bits per heavy atom. The van der Waals surface area contributed by atoms with E-state index in [0.29, 0.717) is 17.1 Å². The van der Waals surface area contributed by atoms with Crippen LogP contribution in [0.1, 0.15) is 29.0 Å². The number of anilines is 2. The fraction of sp³-hybridized carbons (Fsp3) is 0.263. The first-order valence-corrected chi connectivity index (χ1v) is 10.2. The summed E-state index contributed by atoms with van der Waals surface area (Å²) in [6, 6.07) is 5.35. The van der Waals surface area contributed by atoms with Crippen LogP contribution in [0.2, 0.25) is 0 Å². The van der Waals surface area contributed by atoms with Crippen molar-refractivity contribution in [2.45, 2.75) is 19.1 Å². The molecule has 0 radical (unpaired) electrons. The molecule has 12 heteroatoms. The van der Waals surface area contributed by atoms with Gasteiger partial charge in [0.25, 0.3) is 5.91 Å². The number of methoxy groups -OCH3 is 1. The van der Waals surface area contributed by atoms with Gasteiger partial charge >= 0.3 is 6.18 Å². The molecule has 0 aromatic carbocycles. The second kappa shape index (κ2) is 7.98. The summed E-state index contributed by atoms with van der Waals surface area (Å²) < 4.78 is 48.9. The number of amides is 1. The molecular formula is C19H16F3IN6O2. The summed E-state index contributed by atoms with van der Waals surface area (Å²) in [4.78, 5) is 22.9. The first kappa shape index (κ1) is 21.3. The van der Waals surface area contributed by atoms with E-state index in [2.05, 4.69) is 18.6 Å². The maximum atomic E-state index is 13.4. The van der Waals surface area contributed by atoms with Gasteiger partial charge in [0.05, 0.1) is 42.2 Å². The number of nitrogens with zero attached hydrogens (tertiary/aromatic N) is 5. The molecule has 3 aromatic rings. The van der Waals surface area contributed by atoms with Gasteiger partial charge in [-0.25, -0.2) is 4.98 Å². The van der Waals surface area contributed by atoms with Crippen LogP contribution in [0, 0.1) is 0 Å². The third-order valence-corrected chi connectivity index (χ3v) is 5.45. The first-order chi connectivity index (χ1) is 14.7. The summed E-state index contributed by atoms with van der Waals surface area (Å²) in [7, 11) is 1.11. The van der Waals surface area contributed by atoms with E-state index in [0.717, 1.165) is 18.7 Å². The minimum Gasteiger partial charge on any atom is -0.481 e. The third-order valence-electron chi connectivity index (χ3n) is 4.90. The molecule has 1 N–H and O–H groups in total. The van der Waals surface area contributed by atoms with Gasteiger partial charge in [0.15, 0.2) is 0 Å². The zero-order valence-corrected chi connectivity index (χ0v) is 18.5. The molecular weight excluding hydrogens is 528 g/mol. The summed E-state index contributed by atoms with van der Waals surface area (Å²) in [5.41, 5.74) is 0.647. The molecule has 31 heavy (non-hydrogen) atoms. The molecule has 1 aliphatic heterocycles. The van der Waals surface area contributed by atoms with Gasteiger partial charge < -0.3 is 8.27 Å². The van der Waals surface area contributed by atoms with Gasteiger partial charge in [0.1, 0.15) is 22.9 Å². The summed E-state index contributed by atoms with van der Waals surface area (Å²) in [6.45, 7) is 2.07. The molecule has 0 spiro atoms. The summed E-state index contributed by atoms with van der Waals surface area (Å²) in [6.07, 6.45) is -1.41. The Morgan fingerprint density at radius 1 is 1.29 bits per heavy atom. The standard InChI is InChI=1S/C19H16F3IN6O2/c1-10-9-28(15-4-3-13(19(20,21)22)17(26-15)31-2)18(30)16-12(8-25-29(10)16)11-5-6-24-14(7-11)27-23/h3-8,10H,9H2,1-2H3,(H,24,27)/t10-/m0/s1. The lowest BCUT2D eigenvalue weighted by molar-refractivity contribution is -0.139. The average molecular weight is 544 g/mol. The van der Waals surface area contributed by atoms with Crippen molar-refractivity contribution < 1.29 is 22.7 Å². The van der Waals surface area contributed by atoms with E-state index in [1.54, 1.807) is 29.2 Å². The highest BCUT2D eigenvalue weighted by Gasteiger charge is 2.38. The van der Waals surface area contributed by atoms with E-state index in [4.69, 9.17) is 4.74 Å². The van der Waals surface area contributed by atoms with Gasteiger partial charge in [-0.2, -0.15) is 23.3 Å². The Morgan fingerprint density at radius 2 is 2.06 bits per heavy atom. The van der Waals surface area contributed by atoms with E-state index < -0.39 is 23.5 Å². The highest BCUT2D eigenvalue weighted by molar-refractivity contribution is 14.1. The number of hydrogen-bond acceptors (Lipinski definition) is 6. The lowest BCUT2D eigenvalue weighted by Crippen LogP contribution is -2.43. The molecule has 4 heterocycles. The van der Waals surface area contributed by atoms with E-state index in [-0.39, 0.29) is 18.4 Å². The second-order valence-electron chi connectivity index (χ2n) is 6.86. The van der Waals surface area contributed by atoms with Crippen molar-refractivity contribution in [3.05, 3.63) is 47.9 Å². The number of carbonyl (C=O) groups is 1. The molecule has 0 aliphatic carbocycles. The molecule has 0 fully saturated rings. The van der Waals surface area contributed by atoms with Gasteiger partial charge in [-0.3, -0.25) is 14.4 Å². The van der Waals surface area contributed by atoms with Crippen LogP contribution in [-0.4, -0.2) is 39.3 Å². The third kappa shape index (κ3) is 3.79. The normalized spacial score (nSPS) is 16.3. The molecule has 0 saturated carbocycles. The molecule has 4 rings (SSSR count). The van der Waals surface area contributed by atoms with Crippen LogP contribution < -0.4 is 13.2 Å². The summed E-state index contributed by atoms with van der Waals surface area (Å²) in [5, 5.41) is 4.36. The molecule has 1 atom stereocenters. The number of ether oxygens (including phenoxy) is 1. The van der Waals surface area contributed by atoms with Crippen LogP contribution in [0.3, 0.4) is 0 Å². The molecule has 1 aliphatic rings. The van der Waals surface area contributed by atoms with Crippen LogP contribution in [0.15, 0.2) is 36.7 Å². The van der Waals surface area contributed by atoms with Crippen molar-refractivity contribution in [3.63, 3.8) is 0 Å². The molecule has 3 aromatic heterocycles. The Hall–Kier alpha value is -2.90. The topological polar surface area (TPSA) is 85.2 Å². The van der Waals surface area contributed by atoms with Crippen molar-refractivity contribution in [2.24, 2.45) is 0 Å². The van der Waals surface area contributed by atoms with E-state index in [1.807, 2.05) is 29.8 Å². The minimum absolute atomic E-state index is 0.0736. The lowest BCUT2D eigenvalue weighted by atomic mass is 10.0. The van der Waals surface area contributed by atoms with Crippen molar-refractivity contribution in [1.29, 1.82) is 0 Å². The van der Waals surface area contributed by atoms with Crippen LogP contribution >= 0.6 is 22.9 Å². The zero-order chi connectivity index (χ0) is 22.3. The Kier molecular flexibility index (Phi) is 5.49. The predicted octanol–water partition coefficient (Wildman–Crippen LogP) is 4.35. The highest BCUT2D eigenvalue weighted by Crippen LogP contribution is 2.38. The van der Waals surface area contributed by atoms with E-state index >= 15 is 0 Å². The number of aromatic nitrogens is 4. The fourth-order valence-electron chi connectivity index (χ4n) is 3.47. The average Bonchev–Trinajstić information content (AvgIpc) is 3.21. The SMILES string of the molecule is COc1nc(N2C[C@H](C)n3ncc(-c4ccnc(NI)c4)c3C2=O)ccc1C(F)(F)F. The second-order valence-corrected chi connectivity index (χ2v) is 7.40. The lowest BCUT2D eigenvalue weighted by Gasteiger charge is -2.32. The van der Waals surface area contributed by atoms with Crippen molar-refractivity contribution in [2.75, 3.05) is 22.1 Å². The van der Waals surface area contributed by atoms with Crippen molar-refractivity contribution >= 4 is 40.4 Å². The predicted molar refractivity (Wildman–Crippen MR) is 115 cm³/mol. The number of rotatable bonds is 4. The van der Waals surface area contributed by atoms with Crippen LogP contribution in [0.5, 0.6) is 5.88 Å². The van der Waals surface area contributed by atoms with Gasteiger partial charge in [-0.1, -0.05) is 0 Å². The number of carbonyl (C=O) groups excluding carboxylic acids is 1. The Bertz CT molecular complexity index is 1150.